The van der Waals surface area contributed by atoms with Gasteiger partial charge in [0.2, 0.25) is 0 Å². The van der Waals surface area contributed by atoms with Crippen LogP contribution in [0.1, 0.15) is 42.1 Å². The summed E-state index contributed by atoms with van der Waals surface area (Å²) in [5, 5.41) is 16.4. The third kappa shape index (κ3) is 2.14. The summed E-state index contributed by atoms with van der Waals surface area (Å²) in [5.74, 6) is 0.0263. The van der Waals surface area contributed by atoms with Crippen LogP contribution in [0.25, 0.3) is 0 Å². The second-order valence-corrected chi connectivity index (χ2v) is 5.32. The van der Waals surface area contributed by atoms with Crippen LogP contribution in [0.2, 0.25) is 0 Å². The van der Waals surface area contributed by atoms with E-state index in [1.807, 2.05) is 0 Å². The summed E-state index contributed by atoms with van der Waals surface area (Å²) < 4.78 is 5.38. The highest BCUT2D eigenvalue weighted by atomic mass is 16.5. The summed E-state index contributed by atoms with van der Waals surface area (Å²) in [7, 11) is 0. The summed E-state index contributed by atoms with van der Waals surface area (Å²) in [6.45, 7) is 1.62. The summed E-state index contributed by atoms with van der Waals surface area (Å²) >= 11 is 0. The zero-order valence-electron chi connectivity index (χ0n) is 10.3. The first kappa shape index (κ1) is 11.7. The molecule has 2 aliphatic rings. The standard InChI is InChI=1S/C13H18N2O3/c16-12(17)7-8-5-10-11(6-8)14-15-13(10)9-1-3-18-4-2-9/h8-9H,1-7H2,(H,14,15)(H,16,17). The molecular weight excluding hydrogens is 232 g/mol. The Morgan fingerprint density at radius 2 is 2.17 bits per heavy atom. The van der Waals surface area contributed by atoms with Crippen LogP contribution < -0.4 is 0 Å². The molecule has 0 bridgehead atoms. The zero-order chi connectivity index (χ0) is 12.5. The van der Waals surface area contributed by atoms with Gasteiger partial charge in [-0.3, -0.25) is 9.89 Å². The number of H-pyrrole nitrogens is 1. The maximum Gasteiger partial charge on any atom is 0.303 e. The van der Waals surface area contributed by atoms with Crippen molar-refractivity contribution in [2.45, 2.75) is 38.0 Å². The zero-order valence-corrected chi connectivity index (χ0v) is 10.3. The third-order valence-corrected chi connectivity index (χ3v) is 4.04. The van der Waals surface area contributed by atoms with Gasteiger partial charge in [0.1, 0.15) is 0 Å². The van der Waals surface area contributed by atoms with Gasteiger partial charge in [0, 0.05) is 31.2 Å². The van der Waals surface area contributed by atoms with Gasteiger partial charge in [0.15, 0.2) is 0 Å². The predicted octanol–water partition coefficient (Wildman–Crippen LogP) is 1.49. The number of nitrogens with zero attached hydrogens (tertiary/aromatic N) is 1. The first-order valence-corrected chi connectivity index (χ1v) is 6.59. The molecule has 18 heavy (non-hydrogen) atoms. The van der Waals surface area contributed by atoms with Gasteiger partial charge >= 0.3 is 5.97 Å². The van der Waals surface area contributed by atoms with Crippen molar-refractivity contribution in [1.29, 1.82) is 0 Å². The van der Waals surface area contributed by atoms with E-state index in [1.165, 1.54) is 11.3 Å². The number of carboxylic acids is 1. The van der Waals surface area contributed by atoms with Gasteiger partial charge < -0.3 is 9.84 Å². The molecule has 0 spiro atoms. The quantitative estimate of drug-likeness (QED) is 0.852. The second kappa shape index (κ2) is 4.72. The molecule has 0 aromatic carbocycles. The van der Waals surface area contributed by atoms with Crippen molar-refractivity contribution < 1.29 is 14.6 Å². The van der Waals surface area contributed by atoms with Crippen LogP contribution in [0, 0.1) is 5.92 Å². The van der Waals surface area contributed by atoms with Crippen LogP contribution >= 0.6 is 0 Å². The Bertz CT molecular complexity index is 449. The SMILES string of the molecule is O=C(O)CC1Cc2[nH]nc(C3CCOCC3)c2C1. The number of fused-ring (bicyclic) bond motifs is 1. The fraction of sp³-hybridized carbons (Fsp3) is 0.692. The molecule has 1 aliphatic carbocycles. The lowest BCUT2D eigenvalue weighted by molar-refractivity contribution is -0.138. The number of carbonyl (C=O) groups is 1. The van der Waals surface area contributed by atoms with Crippen LogP contribution in [-0.2, 0) is 22.4 Å². The molecule has 5 heteroatoms. The number of carboxylic acid groups (broad SMARTS) is 1. The number of ether oxygens (including phenoxy) is 1. The van der Waals surface area contributed by atoms with Crippen LogP contribution in [0.5, 0.6) is 0 Å². The van der Waals surface area contributed by atoms with E-state index in [1.54, 1.807) is 0 Å². The molecule has 2 heterocycles. The molecular formula is C13H18N2O3. The minimum absolute atomic E-state index is 0.241. The van der Waals surface area contributed by atoms with Crippen LogP contribution in [0.3, 0.4) is 0 Å². The Morgan fingerprint density at radius 1 is 1.39 bits per heavy atom. The third-order valence-electron chi connectivity index (χ3n) is 4.04. The van der Waals surface area contributed by atoms with Gasteiger partial charge in [-0.15, -0.1) is 0 Å². The summed E-state index contributed by atoms with van der Waals surface area (Å²) in [4.78, 5) is 10.8. The molecule has 1 saturated heterocycles. The van der Waals surface area contributed by atoms with Gasteiger partial charge in [0.25, 0.3) is 0 Å². The number of hydrogen-bond acceptors (Lipinski definition) is 3. The van der Waals surface area contributed by atoms with Crippen molar-refractivity contribution in [3.63, 3.8) is 0 Å². The Balaban J connectivity index is 1.74. The van der Waals surface area contributed by atoms with E-state index >= 15 is 0 Å². The van der Waals surface area contributed by atoms with E-state index < -0.39 is 5.97 Å². The molecule has 1 aromatic heterocycles. The number of nitrogens with one attached hydrogen (secondary N) is 1. The fourth-order valence-electron chi connectivity index (χ4n) is 3.16. The van der Waals surface area contributed by atoms with E-state index in [0.717, 1.165) is 44.6 Å². The van der Waals surface area contributed by atoms with Crippen LogP contribution in [0.15, 0.2) is 0 Å². The van der Waals surface area contributed by atoms with Gasteiger partial charge in [-0.05, 0) is 37.2 Å². The highest BCUT2D eigenvalue weighted by Crippen LogP contribution is 2.36. The molecule has 0 saturated carbocycles. The van der Waals surface area contributed by atoms with Crippen molar-refractivity contribution >= 4 is 5.97 Å². The largest absolute Gasteiger partial charge is 0.481 e. The average molecular weight is 250 g/mol. The van der Waals surface area contributed by atoms with Gasteiger partial charge in [0.05, 0.1) is 5.69 Å². The highest BCUT2D eigenvalue weighted by Gasteiger charge is 2.31. The maximum absolute atomic E-state index is 10.8. The second-order valence-electron chi connectivity index (χ2n) is 5.32. The first-order chi connectivity index (χ1) is 8.74. The Hall–Kier alpha value is -1.36. The molecule has 2 N–H and O–H groups in total. The van der Waals surface area contributed by atoms with E-state index in [4.69, 9.17) is 9.84 Å². The lowest BCUT2D eigenvalue weighted by Gasteiger charge is -2.21. The average Bonchev–Trinajstić information content (AvgIpc) is 2.88. The van der Waals surface area contributed by atoms with Crippen molar-refractivity contribution in [1.82, 2.24) is 10.2 Å². The Kier molecular flexibility index (Phi) is 3.07. The van der Waals surface area contributed by atoms with Gasteiger partial charge in [-0.1, -0.05) is 0 Å². The first-order valence-electron chi connectivity index (χ1n) is 6.59. The fourth-order valence-corrected chi connectivity index (χ4v) is 3.16. The van der Waals surface area contributed by atoms with Crippen molar-refractivity contribution in [3.05, 3.63) is 17.0 Å². The number of hydrogen-bond donors (Lipinski definition) is 2. The monoisotopic (exact) mass is 250 g/mol. The molecule has 0 radical (unpaired) electrons. The molecule has 1 aliphatic heterocycles. The minimum atomic E-state index is -0.703. The van der Waals surface area contributed by atoms with E-state index in [-0.39, 0.29) is 12.3 Å². The lowest BCUT2D eigenvalue weighted by Crippen LogP contribution is -2.16. The molecule has 1 atom stereocenters. The predicted molar refractivity (Wildman–Crippen MR) is 64.5 cm³/mol. The van der Waals surface area contributed by atoms with E-state index in [0.29, 0.717) is 5.92 Å². The minimum Gasteiger partial charge on any atom is -0.481 e. The summed E-state index contributed by atoms with van der Waals surface area (Å²) in [6, 6.07) is 0. The molecule has 1 aromatic rings. The highest BCUT2D eigenvalue weighted by molar-refractivity contribution is 5.67. The van der Waals surface area contributed by atoms with E-state index in [2.05, 4.69) is 10.2 Å². The van der Waals surface area contributed by atoms with Gasteiger partial charge in [-0.2, -0.15) is 5.10 Å². The summed E-state index contributed by atoms with van der Waals surface area (Å²) in [6.07, 6.45) is 4.01. The number of rotatable bonds is 3. The van der Waals surface area contributed by atoms with E-state index in [9.17, 15) is 4.79 Å². The van der Waals surface area contributed by atoms with Crippen LogP contribution in [0.4, 0.5) is 0 Å². The van der Waals surface area contributed by atoms with Crippen molar-refractivity contribution in [3.8, 4) is 0 Å². The van der Waals surface area contributed by atoms with Gasteiger partial charge in [-0.25, -0.2) is 0 Å². The molecule has 0 amide bonds. The topological polar surface area (TPSA) is 75.2 Å². The van der Waals surface area contributed by atoms with Crippen LogP contribution in [-0.4, -0.2) is 34.5 Å². The number of aromatic nitrogens is 2. The normalized spacial score (nSPS) is 24.1. The Labute approximate surface area is 106 Å². The lowest BCUT2D eigenvalue weighted by atomic mass is 9.92. The number of aliphatic carboxylic acids is 1. The smallest absolute Gasteiger partial charge is 0.303 e. The molecule has 5 nitrogen and oxygen atoms in total. The number of aromatic amines is 1. The molecule has 98 valence electrons. The maximum atomic E-state index is 10.8. The van der Waals surface area contributed by atoms with Crippen molar-refractivity contribution in [2.24, 2.45) is 5.92 Å². The Morgan fingerprint density at radius 3 is 2.89 bits per heavy atom. The molecule has 3 rings (SSSR count). The van der Waals surface area contributed by atoms with Crippen molar-refractivity contribution in [2.75, 3.05) is 13.2 Å². The molecule has 1 fully saturated rings. The summed E-state index contributed by atoms with van der Waals surface area (Å²) in [5.41, 5.74) is 3.61. The molecule has 1 unspecified atom stereocenters.